The van der Waals surface area contributed by atoms with Gasteiger partial charge in [-0.25, -0.2) is 0 Å². The summed E-state index contributed by atoms with van der Waals surface area (Å²) in [5.41, 5.74) is 4.84. The van der Waals surface area contributed by atoms with Crippen LogP contribution >= 0.6 is 0 Å². The van der Waals surface area contributed by atoms with Crippen LogP contribution in [-0.4, -0.2) is 24.8 Å². The molecular weight excluding hydrogens is 318 g/mol. The lowest BCUT2D eigenvalue weighted by Gasteiger charge is -2.24. The topological polar surface area (TPSA) is 64.6 Å². The van der Waals surface area contributed by atoms with Gasteiger partial charge in [-0.05, 0) is 32.4 Å². The highest BCUT2D eigenvalue weighted by Gasteiger charge is 2.33. The zero-order valence-electron chi connectivity index (χ0n) is 15.3. The first kappa shape index (κ1) is 19.2. The van der Waals surface area contributed by atoms with E-state index in [2.05, 4.69) is 5.48 Å². The van der Waals surface area contributed by atoms with Crippen LogP contribution in [0.1, 0.15) is 45.1 Å². The number of carbonyl (C=O) groups excluding carboxylic acids is 2. The number of carbonyl (C=O) groups is 2. The highest BCUT2D eigenvalue weighted by molar-refractivity contribution is 6.22. The Morgan fingerprint density at radius 3 is 2.32 bits per heavy atom. The Balaban J connectivity index is 2.01. The minimum Gasteiger partial charge on any atom is -0.493 e. The molecule has 1 aliphatic rings. The van der Waals surface area contributed by atoms with Gasteiger partial charge in [0.2, 0.25) is 0 Å². The lowest BCUT2D eigenvalue weighted by Crippen LogP contribution is -2.32. The lowest BCUT2D eigenvalue weighted by atomic mass is 9.83. The first-order valence-corrected chi connectivity index (χ1v) is 8.91. The average Bonchev–Trinajstić information content (AvgIpc) is 2.58. The molecule has 1 fully saturated rings. The van der Waals surface area contributed by atoms with Crippen LogP contribution in [0, 0.1) is 12.8 Å². The lowest BCUT2D eigenvalue weighted by molar-refractivity contribution is -0.126. The van der Waals surface area contributed by atoms with Gasteiger partial charge in [0.1, 0.15) is 5.75 Å². The largest absolute Gasteiger partial charge is 0.493 e. The zero-order valence-corrected chi connectivity index (χ0v) is 15.3. The SMILES string of the molecule is CCCC(NOCC)=C1C(=O)CC(COc2ccc(C)cc2)CC1=O. The predicted molar refractivity (Wildman–Crippen MR) is 96.1 cm³/mol. The molecule has 0 amide bonds. The Bertz CT molecular complexity index is 614. The quantitative estimate of drug-likeness (QED) is 0.444. The van der Waals surface area contributed by atoms with E-state index in [1.807, 2.05) is 45.0 Å². The van der Waals surface area contributed by atoms with Gasteiger partial charge >= 0.3 is 0 Å². The van der Waals surface area contributed by atoms with Gasteiger partial charge in [0.25, 0.3) is 0 Å². The van der Waals surface area contributed by atoms with Gasteiger partial charge in [-0.2, -0.15) is 0 Å². The fourth-order valence-corrected chi connectivity index (χ4v) is 2.90. The minimum absolute atomic E-state index is 0.0833. The zero-order chi connectivity index (χ0) is 18.2. The molecular formula is C20H27NO4. The fraction of sp³-hybridized carbons (Fsp3) is 0.500. The summed E-state index contributed by atoms with van der Waals surface area (Å²) in [5, 5.41) is 0. The molecule has 0 aliphatic heterocycles. The number of hydroxylamine groups is 1. The molecule has 0 aromatic heterocycles. The number of ketones is 2. The van der Waals surface area contributed by atoms with E-state index in [9.17, 15) is 9.59 Å². The van der Waals surface area contributed by atoms with Crippen LogP contribution < -0.4 is 10.2 Å². The molecule has 5 heteroatoms. The van der Waals surface area contributed by atoms with Crippen molar-refractivity contribution in [2.75, 3.05) is 13.2 Å². The third-order valence-electron chi connectivity index (χ3n) is 4.15. The summed E-state index contributed by atoms with van der Waals surface area (Å²) in [6.07, 6.45) is 2.11. The highest BCUT2D eigenvalue weighted by atomic mass is 16.6. The predicted octanol–water partition coefficient (Wildman–Crippen LogP) is 3.52. The van der Waals surface area contributed by atoms with Crippen molar-refractivity contribution in [1.29, 1.82) is 0 Å². The summed E-state index contributed by atoms with van der Waals surface area (Å²) in [4.78, 5) is 30.2. The van der Waals surface area contributed by atoms with E-state index in [0.29, 0.717) is 38.2 Å². The van der Waals surface area contributed by atoms with Crippen LogP contribution in [0.2, 0.25) is 0 Å². The van der Waals surface area contributed by atoms with E-state index in [0.717, 1.165) is 17.7 Å². The molecule has 25 heavy (non-hydrogen) atoms. The number of benzene rings is 1. The Morgan fingerprint density at radius 2 is 1.76 bits per heavy atom. The normalized spacial score (nSPS) is 17.6. The Hall–Kier alpha value is -2.14. The van der Waals surface area contributed by atoms with Gasteiger partial charge in [0.05, 0.1) is 24.5 Å². The van der Waals surface area contributed by atoms with Gasteiger partial charge < -0.3 is 4.74 Å². The number of hydrogen-bond acceptors (Lipinski definition) is 5. The van der Waals surface area contributed by atoms with Gasteiger partial charge in [-0.1, -0.05) is 31.0 Å². The van der Waals surface area contributed by atoms with Crippen molar-refractivity contribution in [3.63, 3.8) is 0 Å². The second-order valence-electron chi connectivity index (χ2n) is 6.38. The van der Waals surface area contributed by atoms with Gasteiger partial charge in [-0.3, -0.25) is 19.9 Å². The average molecular weight is 345 g/mol. The summed E-state index contributed by atoms with van der Waals surface area (Å²) in [7, 11) is 0. The molecule has 2 rings (SSSR count). The van der Waals surface area contributed by atoms with E-state index in [1.54, 1.807) is 0 Å². The number of nitrogens with one attached hydrogen (secondary N) is 1. The molecule has 0 radical (unpaired) electrons. The summed E-state index contributed by atoms with van der Waals surface area (Å²) in [5.74, 6) is 0.436. The van der Waals surface area contributed by atoms with E-state index >= 15 is 0 Å². The standard InChI is InChI=1S/C20H27NO4/c1-4-6-17(21-25-5-2)20-18(22)11-15(12-19(20)23)13-24-16-9-7-14(3)8-10-16/h7-10,15,21H,4-6,11-13H2,1-3H3. The Morgan fingerprint density at radius 1 is 1.12 bits per heavy atom. The molecule has 0 saturated heterocycles. The third-order valence-corrected chi connectivity index (χ3v) is 4.15. The molecule has 1 aliphatic carbocycles. The number of Topliss-reactive ketones (excluding diaryl/α,β-unsaturated/α-hetero) is 2. The van der Waals surface area contributed by atoms with Crippen LogP contribution in [0.15, 0.2) is 35.5 Å². The van der Waals surface area contributed by atoms with E-state index in [-0.39, 0.29) is 23.1 Å². The molecule has 5 nitrogen and oxygen atoms in total. The number of allylic oxidation sites excluding steroid dienone is 2. The van der Waals surface area contributed by atoms with Crippen LogP contribution in [0.4, 0.5) is 0 Å². The fourth-order valence-electron chi connectivity index (χ4n) is 2.90. The Labute approximate surface area is 149 Å². The number of hydrogen-bond donors (Lipinski definition) is 1. The van der Waals surface area contributed by atoms with Crippen molar-refractivity contribution < 1.29 is 19.2 Å². The molecule has 1 aromatic carbocycles. The van der Waals surface area contributed by atoms with Crippen LogP contribution in [-0.2, 0) is 14.4 Å². The smallest absolute Gasteiger partial charge is 0.168 e. The monoisotopic (exact) mass is 345 g/mol. The van der Waals surface area contributed by atoms with Crippen LogP contribution in [0.3, 0.4) is 0 Å². The van der Waals surface area contributed by atoms with Gasteiger partial charge in [0, 0.05) is 18.8 Å². The molecule has 1 saturated carbocycles. The maximum Gasteiger partial charge on any atom is 0.168 e. The van der Waals surface area contributed by atoms with Gasteiger partial charge in [0.15, 0.2) is 11.6 Å². The summed E-state index contributed by atoms with van der Waals surface area (Å²) < 4.78 is 5.74. The van der Waals surface area contributed by atoms with E-state index in [1.165, 1.54) is 0 Å². The second-order valence-corrected chi connectivity index (χ2v) is 6.38. The maximum atomic E-state index is 12.5. The highest BCUT2D eigenvalue weighted by Crippen LogP contribution is 2.27. The molecule has 0 unspecified atom stereocenters. The number of ether oxygens (including phenoxy) is 1. The number of aryl methyl sites for hydroxylation is 1. The number of rotatable bonds is 8. The molecule has 0 atom stereocenters. The van der Waals surface area contributed by atoms with E-state index in [4.69, 9.17) is 9.57 Å². The first-order valence-electron chi connectivity index (χ1n) is 8.91. The van der Waals surface area contributed by atoms with Crippen LogP contribution in [0.25, 0.3) is 0 Å². The summed E-state index contributed by atoms with van der Waals surface area (Å²) >= 11 is 0. The molecule has 0 bridgehead atoms. The molecule has 0 spiro atoms. The van der Waals surface area contributed by atoms with Crippen molar-refractivity contribution in [1.82, 2.24) is 5.48 Å². The summed E-state index contributed by atoms with van der Waals surface area (Å²) in [6.45, 7) is 6.71. The van der Waals surface area contributed by atoms with Crippen molar-refractivity contribution in [2.45, 2.75) is 46.5 Å². The van der Waals surface area contributed by atoms with Gasteiger partial charge in [-0.15, -0.1) is 0 Å². The van der Waals surface area contributed by atoms with Crippen molar-refractivity contribution >= 4 is 11.6 Å². The third kappa shape index (κ3) is 5.43. The molecule has 1 N–H and O–H groups in total. The second kappa shape index (κ2) is 9.37. The molecule has 136 valence electrons. The Kier molecular flexibility index (Phi) is 7.19. The van der Waals surface area contributed by atoms with Crippen molar-refractivity contribution in [3.8, 4) is 5.75 Å². The summed E-state index contributed by atoms with van der Waals surface area (Å²) in [6, 6.07) is 7.75. The van der Waals surface area contributed by atoms with Crippen molar-refractivity contribution in [2.24, 2.45) is 5.92 Å². The molecule has 0 heterocycles. The van der Waals surface area contributed by atoms with Crippen LogP contribution in [0.5, 0.6) is 5.75 Å². The van der Waals surface area contributed by atoms with E-state index < -0.39 is 0 Å². The van der Waals surface area contributed by atoms with Crippen molar-refractivity contribution in [3.05, 3.63) is 41.1 Å². The molecule has 1 aromatic rings. The minimum atomic E-state index is -0.121. The maximum absolute atomic E-state index is 12.5. The first-order chi connectivity index (χ1) is 12.0.